The van der Waals surface area contributed by atoms with Crippen molar-refractivity contribution in [3.05, 3.63) is 23.3 Å². The van der Waals surface area contributed by atoms with E-state index in [9.17, 15) is 5.11 Å². The summed E-state index contributed by atoms with van der Waals surface area (Å²) in [4.78, 5) is 2.54. The van der Waals surface area contributed by atoms with Crippen molar-refractivity contribution in [3.63, 3.8) is 0 Å². The van der Waals surface area contributed by atoms with Crippen LogP contribution in [-0.2, 0) is 6.42 Å². The van der Waals surface area contributed by atoms with Gasteiger partial charge in [-0.25, -0.2) is 0 Å². The molecule has 5 heteroatoms. The molecule has 3 rings (SSSR count). The van der Waals surface area contributed by atoms with Gasteiger partial charge in [0.05, 0.1) is 19.8 Å². The lowest BCUT2D eigenvalue weighted by atomic mass is 9.79. The zero-order chi connectivity index (χ0) is 18.7. The summed E-state index contributed by atoms with van der Waals surface area (Å²) in [7, 11) is 1.66. The summed E-state index contributed by atoms with van der Waals surface area (Å²) in [5.41, 5.74) is 2.56. The Morgan fingerprint density at radius 1 is 1.27 bits per heavy atom. The van der Waals surface area contributed by atoms with Crippen LogP contribution in [0.15, 0.2) is 12.1 Å². The van der Waals surface area contributed by atoms with Gasteiger partial charge >= 0.3 is 0 Å². The predicted molar refractivity (Wildman–Crippen MR) is 102 cm³/mol. The number of ether oxygens (including phenoxy) is 2. The number of benzene rings is 1. The van der Waals surface area contributed by atoms with Gasteiger partial charge in [-0.05, 0) is 54.4 Å². The molecule has 1 aromatic rings. The average molecular weight is 363 g/mol. The monoisotopic (exact) mass is 363 g/mol. The van der Waals surface area contributed by atoms with E-state index in [0.717, 1.165) is 43.9 Å². The Morgan fingerprint density at radius 2 is 2.08 bits per heavy atom. The maximum absolute atomic E-state index is 10.7. The fourth-order valence-corrected chi connectivity index (χ4v) is 4.46. The molecule has 0 aliphatic carbocycles. The van der Waals surface area contributed by atoms with Crippen LogP contribution >= 0.6 is 0 Å². The molecule has 0 radical (unpaired) electrons. The summed E-state index contributed by atoms with van der Waals surface area (Å²) in [6.07, 6.45) is 3.24. The van der Waals surface area contributed by atoms with Crippen LogP contribution < -0.4 is 9.47 Å². The highest BCUT2D eigenvalue weighted by atomic mass is 16.5. The third-order valence-corrected chi connectivity index (χ3v) is 5.71. The first kappa shape index (κ1) is 19.5. The second-order valence-corrected chi connectivity index (χ2v) is 8.08. The predicted octanol–water partition coefficient (Wildman–Crippen LogP) is 2.78. The first-order valence-electron chi connectivity index (χ1n) is 9.90. The van der Waals surface area contributed by atoms with Crippen LogP contribution in [-0.4, -0.2) is 54.6 Å². The number of hydrogen-bond acceptors (Lipinski definition) is 5. The van der Waals surface area contributed by atoms with Crippen molar-refractivity contribution >= 4 is 0 Å². The van der Waals surface area contributed by atoms with Crippen molar-refractivity contribution in [1.82, 2.24) is 4.90 Å². The minimum absolute atomic E-state index is 0.125. The Labute approximate surface area is 156 Å². The number of aliphatic hydroxyl groups is 2. The molecule has 0 bridgehead atoms. The maximum Gasteiger partial charge on any atom is 0.161 e. The Hall–Kier alpha value is -1.30. The molecule has 0 amide bonds. The molecule has 1 saturated heterocycles. The van der Waals surface area contributed by atoms with Crippen molar-refractivity contribution in [1.29, 1.82) is 0 Å². The highest BCUT2D eigenvalue weighted by molar-refractivity contribution is 5.49. The number of aliphatic hydroxyl groups excluding tert-OH is 2. The van der Waals surface area contributed by atoms with Crippen molar-refractivity contribution in [2.24, 2.45) is 11.8 Å². The van der Waals surface area contributed by atoms with Crippen molar-refractivity contribution < 1.29 is 19.7 Å². The van der Waals surface area contributed by atoms with E-state index in [-0.39, 0.29) is 18.8 Å². The van der Waals surface area contributed by atoms with Crippen LogP contribution in [0.25, 0.3) is 0 Å². The van der Waals surface area contributed by atoms with Crippen molar-refractivity contribution in [3.8, 4) is 11.5 Å². The van der Waals surface area contributed by atoms with Crippen molar-refractivity contribution in [2.45, 2.75) is 51.7 Å². The summed E-state index contributed by atoms with van der Waals surface area (Å²) in [6.45, 7) is 7.07. The molecular formula is C21H33NO4. The van der Waals surface area contributed by atoms with E-state index in [1.807, 2.05) is 0 Å². The normalized spacial score (nSPS) is 25.7. The lowest BCUT2D eigenvalue weighted by Gasteiger charge is -2.46. The number of methoxy groups -OCH3 is 1. The summed E-state index contributed by atoms with van der Waals surface area (Å²) in [6, 6.07) is 4.45. The molecule has 0 spiro atoms. The van der Waals surface area contributed by atoms with Gasteiger partial charge < -0.3 is 19.7 Å². The average Bonchev–Trinajstić information content (AvgIpc) is 2.61. The SMILES string of the molecule is COc1cc2c(cc1OCCCO)CCN1CC(CC(C)C)C(O)CC21. The van der Waals surface area contributed by atoms with E-state index < -0.39 is 0 Å². The summed E-state index contributed by atoms with van der Waals surface area (Å²) < 4.78 is 11.4. The molecule has 3 unspecified atom stereocenters. The van der Waals surface area contributed by atoms with E-state index in [1.165, 1.54) is 11.1 Å². The van der Waals surface area contributed by atoms with Gasteiger partial charge in [0.15, 0.2) is 11.5 Å². The maximum atomic E-state index is 10.7. The lowest BCUT2D eigenvalue weighted by Crippen LogP contribution is -2.48. The minimum Gasteiger partial charge on any atom is -0.493 e. The third kappa shape index (κ3) is 4.16. The van der Waals surface area contributed by atoms with Gasteiger partial charge in [0, 0.05) is 32.2 Å². The van der Waals surface area contributed by atoms with E-state index in [1.54, 1.807) is 7.11 Å². The van der Waals surface area contributed by atoms with Gasteiger partial charge in [0.2, 0.25) is 0 Å². The summed E-state index contributed by atoms with van der Waals surface area (Å²) in [5, 5.41) is 19.7. The molecule has 26 heavy (non-hydrogen) atoms. The minimum atomic E-state index is -0.240. The van der Waals surface area contributed by atoms with Gasteiger partial charge in [0.1, 0.15) is 0 Å². The van der Waals surface area contributed by atoms with Crippen LogP contribution in [0.2, 0.25) is 0 Å². The standard InChI is InChI=1S/C21H33NO4/c1-14(2)9-16-13-22-6-5-15-10-21(26-8-4-7-23)20(25-3)11-17(15)18(22)12-19(16)24/h10-11,14,16,18-19,23-24H,4-9,12-13H2,1-3H3. The van der Waals surface area contributed by atoms with Gasteiger partial charge in [-0.2, -0.15) is 0 Å². The molecule has 146 valence electrons. The van der Waals surface area contributed by atoms with Crippen LogP contribution in [0, 0.1) is 11.8 Å². The number of fused-ring (bicyclic) bond motifs is 3. The zero-order valence-electron chi connectivity index (χ0n) is 16.3. The van der Waals surface area contributed by atoms with E-state index in [2.05, 4.69) is 30.9 Å². The molecule has 5 nitrogen and oxygen atoms in total. The largest absolute Gasteiger partial charge is 0.493 e. The molecule has 1 aromatic carbocycles. The van der Waals surface area contributed by atoms with Crippen LogP contribution in [0.3, 0.4) is 0 Å². The van der Waals surface area contributed by atoms with Crippen LogP contribution in [0.4, 0.5) is 0 Å². The molecule has 2 N–H and O–H groups in total. The second-order valence-electron chi connectivity index (χ2n) is 8.08. The second kappa shape index (κ2) is 8.59. The quantitative estimate of drug-likeness (QED) is 0.730. The molecule has 2 aliphatic heterocycles. The highest BCUT2D eigenvalue weighted by Gasteiger charge is 2.38. The third-order valence-electron chi connectivity index (χ3n) is 5.71. The van der Waals surface area contributed by atoms with Crippen molar-refractivity contribution in [2.75, 3.05) is 33.4 Å². The highest BCUT2D eigenvalue weighted by Crippen LogP contribution is 2.43. The smallest absolute Gasteiger partial charge is 0.161 e. The van der Waals surface area contributed by atoms with E-state index in [0.29, 0.717) is 24.9 Å². The van der Waals surface area contributed by atoms with Gasteiger partial charge in [-0.1, -0.05) is 13.8 Å². The Balaban J connectivity index is 1.80. The summed E-state index contributed by atoms with van der Waals surface area (Å²) in [5.74, 6) is 2.47. The zero-order valence-corrected chi connectivity index (χ0v) is 16.3. The molecule has 2 aliphatic rings. The molecule has 3 atom stereocenters. The number of nitrogens with zero attached hydrogens (tertiary/aromatic N) is 1. The van der Waals surface area contributed by atoms with Gasteiger partial charge in [-0.15, -0.1) is 0 Å². The Kier molecular flexibility index (Phi) is 6.43. The molecule has 1 fully saturated rings. The lowest BCUT2D eigenvalue weighted by molar-refractivity contribution is -0.0191. The van der Waals surface area contributed by atoms with Gasteiger partial charge in [-0.3, -0.25) is 4.90 Å². The molecule has 2 heterocycles. The number of rotatable bonds is 7. The fourth-order valence-electron chi connectivity index (χ4n) is 4.46. The van der Waals surface area contributed by atoms with E-state index >= 15 is 0 Å². The molecule has 0 aromatic heterocycles. The first-order chi connectivity index (χ1) is 12.5. The fraction of sp³-hybridized carbons (Fsp3) is 0.714. The topological polar surface area (TPSA) is 62.2 Å². The number of piperidine rings is 1. The first-order valence-corrected chi connectivity index (χ1v) is 9.90. The van der Waals surface area contributed by atoms with Gasteiger partial charge in [0.25, 0.3) is 0 Å². The molecule has 0 saturated carbocycles. The van der Waals surface area contributed by atoms with Crippen LogP contribution in [0.1, 0.15) is 50.3 Å². The van der Waals surface area contributed by atoms with E-state index in [4.69, 9.17) is 14.6 Å². The Bertz CT molecular complexity index is 604. The van der Waals surface area contributed by atoms with Crippen LogP contribution in [0.5, 0.6) is 11.5 Å². The summed E-state index contributed by atoms with van der Waals surface area (Å²) >= 11 is 0. The molecular weight excluding hydrogens is 330 g/mol. The Morgan fingerprint density at radius 3 is 2.77 bits per heavy atom. The number of hydrogen-bond donors (Lipinski definition) is 2.